The number of para-hydroxylation sites is 1. The molecule has 174 valence electrons. The highest BCUT2D eigenvalue weighted by molar-refractivity contribution is 7.89. The number of sulfonamides is 1. The van der Waals surface area contributed by atoms with Gasteiger partial charge in [-0.15, -0.1) is 0 Å². The Bertz CT molecular complexity index is 1350. The highest BCUT2D eigenvalue weighted by atomic mass is 32.2. The summed E-state index contributed by atoms with van der Waals surface area (Å²) < 4.78 is 29.1. The van der Waals surface area contributed by atoms with Crippen molar-refractivity contribution in [2.75, 3.05) is 6.54 Å². The maximum atomic E-state index is 12.4. The molecule has 0 saturated carbocycles. The van der Waals surface area contributed by atoms with E-state index in [0.717, 1.165) is 28.1 Å². The lowest BCUT2D eigenvalue weighted by Crippen LogP contribution is -2.30. The number of hydrogen-bond acceptors (Lipinski definition) is 4. The van der Waals surface area contributed by atoms with Crippen molar-refractivity contribution >= 4 is 15.9 Å². The van der Waals surface area contributed by atoms with Gasteiger partial charge in [0.1, 0.15) is 0 Å². The van der Waals surface area contributed by atoms with E-state index in [0.29, 0.717) is 0 Å². The van der Waals surface area contributed by atoms with Gasteiger partial charge in [-0.2, -0.15) is 5.10 Å². The second-order valence-corrected chi connectivity index (χ2v) is 9.65. The van der Waals surface area contributed by atoms with Crippen LogP contribution in [0.5, 0.6) is 0 Å². The molecule has 0 bridgehead atoms. The van der Waals surface area contributed by atoms with Gasteiger partial charge in [-0.1, -0.05) is 66.2 Å². The first-order valence-electron chi connectivity index (χ1n) is 10.9. The molecule has 3 aromatic carbocycles. The quantitative estimate of drug-likeness (QED) is 0.386. The van der Waals surface area contributed by atoms with Crippen molar-refractivity contribution in [1.29, 1.82) is 0 Å². The van der Waals surface area contributed by atoms with Gasteiger partial charge in [0.2, 0.25) is 15.9 Å². The van der Waals surface area contributed by atoms with Crippen LogP contribution in [0.3, 0.4) is 0 Å². The van der Waals surface area contributed by atoms with Gasteiger partial charge in [0.05, 0.1) is 16.3 Å². The van der Waals surface area contributed by atoms with E-state index in [1.165, 1.54) is 0 Å². The zero-order valence-electron chi connectivity index (χ0n) is 18.8. The van der Waals surface area contributed by atoms with E-state index in [-0.39, 0.29) is 30.3 Å². The van der Waals surface area contributed by atoms with Gasteiger partial charge in [-0.05, 0) is 31.2 Å². The van der Waals surface area contributed by atoms with Crippen LogP contribution in [0.25, 0.3) is 16.9 Å². The maximum Gasteiger partial charge on any atom is 0.240 e. The third-order valence-electron chi connectivity index (χ3n) is 5.31. The lowest BCUT2D eigenvalue weighted by Gasteiger charge is -2.08. The monoisotopic (exact) mass is 474 g/mol. The van der Waals surface area contributed by atoms with Gasteiger partial charge in [0.25, 0.3) is 0 Å². The van der Waals surface area contributed by atoms with Crippen molar-refractivity contribution in [1.82, 2.24) is 19.8 Å². The normalized spacial score (nSPS) is 11.3. The Morgan fingerprint density at radius 3 is 2.24 bits per heavy atom. The number of rotatable bonds is 9. The molecule has 7 nitrogen and oxygen atoms in total. The van der Waals surface area contributed by atoms with E-state index in [1.807, 2.05) is 73.8 Å². The van der Waals surface area contributed by atoms with Gasteiger partial charge in [-0.25, -0.2) is 17.8 Å². The largest absolute Gasteiger partial charge is 0.352 e. The van der Waals surface area contributed by atoms with Gasteiger partial charge in [0, 0.05) is 36.8 Å². The third-order valence-corrected chi connectivity index (χ3v) is 6.79. The van der Waals surface area contributed by atoms with Crippen molar-refractivity contribution in [3.05, 3.63) is 102 Å². The molecule has 0 radical (unpaired) electrons. The molecule has 0 aliphatic carbocycles. The summed E-state index contributed by atoms with van der Waals surface area (Å²) in [5.74, 6) is -0.252. The molecule has 0 fully saturated rings. The molecule has 0 atom stereocenters. The zero-order chi connectivity index (χ0) is 24.0. The fraction of sp³-hybridized carbons (Fsp3) is 0.154. The smallest absolute Gasteiger partial charge is 0.240 e. The Morgan fingerprint density at radius 1 is 0.912 bits per heavy atom. The summed E-state index contributed by atoms with van der Waals surface area (Å²) in [6, 6.07) is 26.1. The summed E-state index contributed by atoms with van der Waals surface area (Å²) in [7, 11) is -3.65. The van der Waals surface area contributed by atoms with E-state index in [9.17, 15) is 13.2 Å². The summed E-state index contributed by atoms with van der Waals surface area (Å²) in [5, 5.41) is 7.62. The molecule has 8 heteroatoms. The molecule has 34 heavy (non-hydrogen) atoms. The number of nitrogens with zero attached hydrogens (tertiary/aromatic N) is 2. The average molecular weight is 475 g/mol. The minimum absolute atomic E-state index is 0.0108. The number of aryl methyl sites for hydroxylation is 1. The van der Waals surface area contributed by atoms with Crippen molar-refractivity contribution in [2.24, 2.45) is 0 Å². The van der Waals surface area contributed by atoms with Crippen LogP contribution in [0, 0.1) is 6.92 Å². The van der Waals surface area contributed by atoms with Gasteiger partial charge < -0.3 is 5.32 Å². The molecule has 0 unspecified atom stereocenters. The molecule has 1 aromatic heterocycles. The molecule has 0 aliphatic rings. The van der Waals surface area contributed by atoms with Crippen LogP contribution in [0.15, 0.2) is 96.0 Å². The minimum Gasteiger partial charge on any atom is -0.352 e. The Morgan fingerprint density at radius 2 is 1.56 bits per heavy atom. The van der Waals surface area contributed by atoms with E-state index < -0.39 is 10.0 Å². The summed E-state index contributed by atoms with van der Waals surface area (Å²) in [4.78, 5) is 12.6. The topological polar surface area (TPSA) is 93.1 Å². The van der Waals surface area contributed by atoms with Crippen LogP contribution >= 0.6 is 0 Å². The molecular weight excluding hydrogens is 448 g/mol. The molecule has 4 rings (SSSR count). The fourth-order valence-corrected chi connectivity index (χ4v) is 4.50. The number of amides is 1. The summed E-state index contributed by atoms with van der Waals surface area (Å²) in [6.45, 7) is 2.18. The SMILES string of the molecule is Cc1ccc(S(=O)(=O)NCCC(=O)NCc2cn(-c3ccccc3)nc2-c2ccccc2)cc1. The minimum atomic E-state index is -3.65. The first-order valence-corrected chi connectivity index (χ1v) is 12.4. The van der Waals surface area contributed by atoms with Crippen molar-refractivity contribution < 1.29 is 13.2 Å². The van der Waals surface area contributed by atoms with E-state index in [2.05, 4.69) is 10.0 Å². The van der Waals surface area contributed by atoms with Crippen LogP contribution in [-0.2, 0) is 21.4 Å². The van der Waals surface area contributed by atoms with Crippen LogP contribution in [0.4, 0.5) is 0 Å². The van der Waals surface area contributed by atoms with Crippen molar-refractivity contribution in [3.8, 4) is 16.9 Å². The molecule has 2 N–H and O–H groups in total. The highest BCUT2D eigenvalue weighted by Crippen LogP contribution is 2.23. The lowest BCUT2D eigenvalue weighted by molar-refractivity contribution is -0.121. The first kappa shape index (κ1) is 23.4. The second-order valence-electron chi connectivity index (χ2n) is 7.89. The van der Waals surface area contributed by atoms with Gasteiger partial charge in [-0.3, -0.25) is 4.79 Å². The van der Waals surface area contributed by atoms with Crippen LogP contribution in [-0.4, -0.2) is 30.7 Å². The van der Waals surface area contributed by atoms with E-state index in [1.54, 1.807) is 28.9 Å². The second kappa shape index (κ2) is 10.5. The maximum absolute atomic E-state index is 12.4. The van der Waals surface area contributed by atoms with E-state index >= 15 is 0 Å². The Kier molecular flexibility index (Phi) is 7.20. The molecule has 0 aliphatic heterocycles. The van der Waals surface area contributed by atoms with Gasteiger partial charge >= 0.3 is 0 Å². The number of aromatic nitrogens is 2. The molecule has 0 saturated heterocycles. The highest BCUT2D eigenvalue weighted by Gasteiger charge is 2.15. The van der Waals surface area contributed by atoms with Crippen molar-refractivity contribution in [3.63, 3.8) is 0 Å². The first-order chi connectivity index (χ1) is 16.4. The summed E-state index contributed by atoms with van der Waals surface area (Å²) in [6.07, 6.45) is 1.93. The van der Waals surface area contributed by atoms with Gasteiger partial charge in [0.15, 0.2) is 0 Å². The molecule has 4 aromatic rings. The third kappa shape index (κ3) is 5.78. The molecular formula is C26H26N4O3S. The summed E-state index contributed by atoms with van der Waals surface area (Å²) >= 11 is 0. The molecule has 0 spiro atoms. The molecule has 1 amide bonds. The van der Waals surface area contributed by atoms with Crippen LogP contribution < -0.4 is 10.0 Å². The predicted octanol–water partition coefficient (Wildman–Crippen LogP) is 3.83. The lowest BCUT2D eigenvalue weighted by atomic mass is 10.1. The summed E-state index contributed by atoms with van der Waals surface area (Å²) in [5.41, 5.74) is 4.49. The Balaban J connectivity index is 1.40. The predicted molar refractivity (Wildman–Crippen MR) is 132 cm³/mol. The number of nitrogens with one attached hydrogen (secondary N) is 2. The zero-order valence-corrected chi connectivity index (χ0v) is 19.6. The molecule has 1 heterocycles. The van der Waals surface area contributed by atoms with Crippen molar-refractivity contribution in [2.45, 2.75) is 24.8 Å². The fourth-order valence-electron chi connectivity index (χ4n) is 3.47. The van der Waals surface area contributed by atoms with Crippen LogP contribution in [0.2, 0.25) is 0 Å². The standard InChI is InChI=1S/C26H26N4O3S/c1-20-12-14-24(15-13-20)34(32,33)28-17-16-25(31)27-18-22-19-30(23-10-6-3-7-11-23)29-26(22)21-8-4-2-5-9-21/h2-15,19,28H,16-18H2,1H3,(H,27,31). The number of benzene rings is 3. The Labute approximate surface area is 199 Å². The number of carbonyl (C=O) groups is 1. The van der Waals surface area contributed by atoms with E-state index in [4.69, 9.17) is 5.10 Å². The Hall–Kier alpha value is -3.75. The average Bonchev–Trinajstić information content (AvgIpc) is 3.28. The number of hydrogen-bond donors (Lipinski definition) is 2. The van der Waals surface area contributed by atoms with Crippen LogP contribution in [0.1, 0.15) is 17.5 Å². The number of carbonyl (C=O) groups excluding carboxylic acids is 1.